The molecule has 0 fully saturated rings. The first-order valence-electron chi connectivity index (χ1n) is 44.6. The zero-order chi connectivity index (χ0) is 76.9. The van der Waals surface area contributed by atoms with Crippen LogP contribution in [0.4, 0.5) is 0 Å². The Labute approximate surface area is 645 Å². The summed E-state index contributed by atoms with van der Waals surface area (Å²) in [5.41, 5.74) is 0. The van der Waals surface area contributed by atoms with E-state index >= 15 is 0 Å². The molecule has 105 heavy (non-hydrogen) atoms. The second kappa shape index (κ2) is 78.7. The molecule has 0 aromatic carbocycles. The van der Waals surface area contributed by atoms with E-state index in [2.05, 4.69) is 34.6 Å². The van der Waals surface area contributed by atoms with Gasteiger partial charge in [-0.15, -0.1) is 0 Å². The highest BCUT2D eigenvalue weighted by molar-refractivity contribution is 7.47. The second-order valence-electron chi connectivity index (χ2n) is 31.4. The summed E-state index contributed by atoms with van der Waals surface area (Å²) >= 11 is 0. The molecule has 0 aliphatic rings. The van der Waals surface area contributed by atoms with Crippen LogP contribution in [0.2, 0.25) is 0 Å². The minimum atomic E-state index is -4.97. The van der Waals surface area contributed by atoms with Gasteiger partial charge >= 0.3 is 39.5 Å². The topological polar surface area (TPSA) is 237 Å². The lowest BCUT2D eigenvalue weighted by Gasteiger charge is -2.21. The van der Waals surface area contributed by atoms with E-state index in [1.54, 1.807) is 0 Å². The third-order valence-corrected chi connectivity index (χ3v) is 22.2. The molecule has 0 saturated carbocycles. The Kier molecular flexibility index (Phi) is 77.3. The first kappa shape index (κ1) is 103. The number of phosphoric ester groups is 2. The third kappa shape index (κ3) is 79.9. The Balaban J connectivity index is 5.24. The minimum absolute atomic E-state index is 0.108. The van der Waals surface area contributed by atoms with Gasteiger partial charge in [-0.2, -0.15) is 0 Å². The summed E-state index contributed by atoms with van der Waals surface area (Å²) < 4.78 is 68.9. The third-order valence-electron chi connectivity index (χ3n) is 20.3. The molecule has 0 heterocycles. The highest BCUT2D eigenvalue weighted by Gasteiger charge is 2.30. The van der Waals surface area contributed by atoms with Crippen LogP contribution in [0, 0.1) is 5.92 Å². The zero-order valence-corrected chi connectivity index (χ0v) is 70.7. The average molecular weight is 1540 g/mol. The number of hydrogen-bond donors (Lipinski definition) is 3. The maximum Gasteiger partial charge on any atom is 0.472 e. The molecule has 0 aromatic heterocycles. The normalized spacial score (nSPS) is 13.8. The van der Waals surface area contributed by atoms with Crippen molar-refractivity contribution in [1.29, 1.82) is 0 Å². The summed E-state index contributed by atoms with van der Waals surface area (Å²) in [5, 5.41) is 10.7. The molecule has 0 spiro atoms. The lowest BCUT2D eigenvalue weighted by atomic mass is 10.0. The molecule has 2 unspecified atom stereocenters. The van der Waals surface area contributed by atoms with Gasteiger partial charge in [0, 0.05) is 25.7 Å². The number of aliphatic hydroxyl groups is 1. The summed E-state index contributed by atoms with van der Waals surface area (Å²) in [6, 6.07) is 0. The van der Waals surface area contributed by atoms with Gasteiger partial charge in [-0.25, -0.2) is 9.13 Å². The van der Waals surface area contributed by atoms with Crippen molar-refractivity contribution < 1.29 is 80.2 Å². The molecule has 17 nitrogen and oxygen atoms in total. The summed E-state index contributed by atoms with van der Waals surface area (Å²) in [6.45, 7) is 7.36. The van der Waals surface area contributed by atoms with E-state index in [0.717, 1.165) is 95.8 Å². The van der Waals surface area contributed by atoms with Crippen molar-refractivity contribution in [3.63, 3.8) is 0 Å². The number of carbonyl (C=O) groups excluding carboxylic acids is 4. The van der Waals surface area contributed by atoms with Crippen molar-refractivity contribution in [3.8, 4) is 0 Å². The van der Waals surface area contributed by atoms with E-state index in [1.807, 2.05) is 0 Å². The molecule has 0 aromatic rings. The molecule has 0 rings (SSSR count). The quantitative estimate of drug-likeness (QED) is 0.0222. The Morgan fingerprint density at radius 2 is 0.438 bits per heavy atom. The number of ether oxygens (including phenoxy) is 4. The number of esters is 4. The van der Waals surface area contributed by atoms with Crippen LogP contribution in [0.25, 0.3) is 0 Å². The predicted molar refractivity (Wildman–Crippen MR) is 432 cm³/mol. The van der Waals surface area contributed by atoms with Gasteiger partial charge in [0.25, 0.3) is 0 Å². The highest BCUT2D eigenvalue weighted by atomic mass is 31.2. The van der Waals surface area contributed by atoms with E-state index in [1.165, 1.54) is 289 Å². The molecule has 0 amide bonds. The van der Waals surface area contributed by atoms with Crippen LogP contribution in [-0.4, -0.2) is 96.7 Å². The van der Waals surface area contributed by atoms with E-state index in [0.29, 0.717) is 25.7 Å². The lowest BCUT2D eigenvalue weighted by Crippen LogP contribution is -2.30. The molecule has 624 valence electrons. The van der Waals surface area contributed by atoms with Gasteiger partial charge in [0.2, 0.25) is 0 Å². The van der Waals surface area contributed by atoms with Gasteiger partial charge in [-0.3, -0.25) is 37.3 Å². The Hall–Kier alpha value is -1.94. The fraction of sp³-hybridized carbons (Fsp3) is 0.953. The van der Waals surface area contributed by atoms with Gasteiger partial charge in [0.1, 0.15) is 19.3 Å². The standard InChI is InChI=1S/C86H168O17P2/c1-6-9-12-15-18-21-24-27-30-32-33-34-35-36-37-39-42-45-52-57-62-67-72-86(91)102-81(75-96-83(88)69-64-59-54-49-43-41-38-31-28-25-22-19-16-13-10-7-2)77-100-104(92,93)98-73-80(87)74-99-105(94,95)101-78-82(76-97-84(89)70-65-60-55-50-47-46-48-53-58-63-68-79(4)5)103-85(90)71-66-61-56-51-44-40-29-26-23-20-17-14-11-8-3/h79-82,87H,6-78H2,1-5H3,(H,92,93)(H,94,95)/t80-,81-,82-/m1/s1. The number of rotatable bonds is 86. The lowest BCUT2D eigenvalue weighted by molar-refractivity contribution is -0.161. The summed E-state index contributed by atoms with van der Waals surface area (Å²) in [7, 11) is -9.93. The maximum absolute atomic E-state index is 13.1. The Bertz CT molecular complexity index is 2000. The van der Waals surface area contributed by atoms with Crippen LogP contribution in [-0.2, 0) is 65.4 Å². The number of carbonyl (C=O) groups is 4. The van der Waals surface area contributed by atoms with Crippen molar-refractivity contribution in [2.75, 3.05) is 39.6 Å². The van der Waals surface area contributed by atoms with Crippen LogP contribution in [0.3, 0.4) is 0 Å². The molecule has 0 bridgehead atoms. The van der Waals surface area contributed by atoms with Gasteiger partial charge in [0.15, 0.2) is 12.2 Å². The molecule has 0 aliphatic heterocycles. The molecule has 0 saturated heterocycles. The van der Waals surface area contributed by atoms with Gasteiger partial charge in [-0.1, -0.05) is 413 Å². The first-order chi connectivity index (χ1) is 51.0. The fourth-order valence-corrected chi connectivity index (χ4v) is 15.1. The smallest absolute Gasteiger partial charge is 0.462 e. The second-order valence-corrected chi connectivity index (χ2v) is 34.3. The van der Waals surface area contributed by atoms with Crippen LogP contribution in [0.15, 0.2) is 0 Å². The van der Waals surface area contributed by atoms with Crippen molar-refractivity contribution in [1.82, 2.24) is 0 Å². The van der Waals surface area contributed by atoms with E-state index in [4.69, 9.17) is 37.0 Å². The summed E-state index contributed by atoms with van der Waals surface area (Å²) in [6.07, 6.45) is 72.2. The minimum Gasteiger partial charge on any atom is -0.462 e. The van der Waals surface area contributed by atoms with Crippen LogP contribution in [0.5, 0.6) is 0 Å². The molecule has 19 heteroatoms. The molecular formula is C86H168O17P2. The van der Waals surface area contributed by atoms with Gasteiger partial charge < -0.3 is 33.8 Å². The monoisotopic (exact) mass is 1540 g/mol. The van der Waals surface area contributed by atoms with Crippen molar-refractivity contribution in [2.24, 2.45) is 5.92 Å². The van der Waals surface area contributed by atoms with Crippen molar-refractivity contribution >= 4 is 39.5 Å². The molecule has 0 aliphatic carbocycles. The zero-order valence-electron chi connectivity index (χ0n) is 68.9. The van der Waals surface area contributed by atoms with Crippen LogP contribution in [0.1, 0.15) is 465 Å². The van der Waals surface area contributed by atoms with Gasteiger partial charge in [0.05, 0.1) is 26.4 Å². The van der Waals surface area contributed by atoms with Crippen LogP contribution < -0.4 is 0 Å². The first-order valence-corrected chi connectivity index (χ1v) is 47.6. The molecular weight excluding hydrogens is 1370 g/mol. The van der Waals surface area contributed by atoms with Crippen molar-refractivity contribution in [2.45, 2.75) is 483 Å². The highest BCUT2D eigenvalue weighted by Crippen LogP contribution is 2.45. The van der Waals surface area contributed by atoms with Crippen LogP contribution >= 0.6 is 15.6 Å². The van der Waals surface area contributed by atoms with E-state index < -0.39 is 97.5 Å². The van der Waals surface area contributed by atoms with Crippen molar-refractivity contribution in [3.05, 3.63) is 0 Å². The largest absolute Gasteiger partial charge is 0.472 e. The maximum atomic E-state index is 13.1. The Morgan fingerprint density at radius 1 is 0.257 bits per heavy atom. The fourth-order valence-electron chi connectivity index (χ4n) is 13.5. The van der Waals surface area contributed by atoms with E-state index in [9.17, 15) is 43.2 Å². The summed E-state index contributed by atoms with van der Waals surface area (Å²) in [5.74, 6) is -1.34. The number of phosphoric acid groups is 2. The molecule has 5 atom stereocenters. The Morgan fingerprint density at radius 3 is 0.648 bits per heavy atom. The molecule has 0 radical (unpaired) electrons. The van der Waals surface area contributed by atoms with E-state index in [-0.39, 0.29) is 25.7 Å². The number of unbranched alkanes of at least 4 members (excludes halogenated alkanes) is 58. The SMILES string of the molecule is CCCCCCCCCCCCCCCCCCCCCCCCC(=O)O[C@H](COC(=O)CCCCCCCCCCCCCCCCCC)COP(=O)(O)OC[C@@H](O)COP(=O)(O)OC[C@@H](COC(=O)CCCCCCCCCCCCC(C)C)OC(=O)CCCCCCCCCCCCCCCC. The number of hydrogen-bond acceptors (Lipinski definition) is 15. The molecule has 3 N–H and O–H groups in total. The number of aliphatic hydroxyl groups excluding tert-OH is 1. The van der Waals surface area contributed by atoms with Gasteiger partial charge in [-0.05, 0) is 31.6 Å². The summed E-state index contributed by atoms with van der Waals surface area (Å²) in [4.78, 5) is 73.2. The average Bonchev–Trinajstić information content (AvgIpc) is 0.912. The predicted octanol–water partition coefficient (Wildman–Crippen LogP) is 26.4.